The molecule has 3 rings (SSSR count). The van der Waals surface area contributed by atoms with Gasteiger partial charge in [0.15, 0.2) is 0 Å². The van der Waals surface area contributed by atoms with Crippen LogP contribution in [0.15, 0.2) is 42.6 Å². The summed E-state index contributed by atoms with van der Waals surface area (Å²) in [5, 5.41) is 3.58. The van der Waals surface area contributed by atoms with E-state index in [1.165, 1.54) is 0 Å². The van der Waals surface area contributed by atoms with Gasteiger partial charge in [-0.15, -0.1) is 0 Å². The van der Waals surface area contributed by atoms with E-state index in [0.29, 0.717) is 49.3 Å². The van der Waals surface area contributed by atoms with Gasteiger partial charge in [0.2, 0.25) is 11.8 Å². The van der Waals surface area contributed by atoms with E-state index in [9.17, 15) is 4.79 Å². The van der Waals surface area contributed by atoms with Crippen molar-refractivity contribution in [3.05, 3.63) is 53.2 Å². The number of benzene rings is 1. The fourth-order valence-electron chi connectivity index (χ4n) is 3.13. The first-order valence-electron chi connectivity index (χ1n) is 8.39. The van der Waals surface area contributed by atoms with Crippen LogP contribution in [0.3, 0.4) is 0 Å². The molecule has 0 radical (unpaired) electrons. The van der Waals surface area contributed by atoms with Crippen LogP contribution in [0.5, 0.6) is 5.88 Å². The largest absolute Gasteiger partial charge is 0.478 e. The summed E-state index contributed by atoms with van der Waals surface area (Å²) >= 11 is 6.40. The number of carbonyl (C=O) groups excluding carboxylic acids is 1. The summed E-state index contributed by atoms with van der Waals surface area (Å²) in [6, 6.07) is 11.0. The smallest absolute Gasteiger partial charge is 0.235 e. The van der Waals surface area contributed by atoms with Gasteiger partial charge in [0.25, 0.3) is 0 Å². The topological polar surface area (TPSA) is 60.5 Å². The minimum absolute atomic E-state index is 0.0881. The molecule has 0 aliphatic carbocycles. The van der Waals surface area contributed by atoms with E-state index in [1.807, 2.05) is 31.2 Å². The highest BCUT2D eigenvalue weighted by Gasteiger charge is 2.43. The highest BCUT2D eigenvalue weighted by molar-refractivity contribution is 6.31. The van der Waals surface area contributed by atoms with E-state index < -0.39 is 5.41 Å². The summed E-state index contributed by atoms with van der Waals surface area (Å²) in [7, 11) is 0. The maximum absolute atomic E-state index is 13.2. The third-order valence-electron chi connectivity index (χ3n) is 4.46. The van der Waals surface area contributed by atoms with Gasteiger partial charge < -0.3 is 14.8 Å². The maximum atomic E-state index is 13.2. The van der Waals surface area contributed by atoms with Crippen LogP contribution in [-0.4, -0.2) is 30.7 Å². The van der Waals surface area contributed by atoms with E-state index in [2.05, 4.69) is 10.3 Å². The van der Waals surface area contributed by atoms with Gasteiger partial charge in [0.1, 0.15) is 0 Å². The van der Waals surface area contributed by atoms with Crippen LogP contribution < -0.4 is 10.1 Å². The first kappa shape index (κ1) is 17.7. The van der Waals surface area contributed by atoms with Crippen molar-refractivity contribution in [1.82, 2.24) is 4.98 Å². The van der Waals surface area contributed by atoms with Crippen LogP contribution in [0.25, 0.3) is 0 Å². The third kappa shape index (κ3) is 3.78. The lowest BCUT2D eigenvalue weighted by molar-refractivity contribution is -0.125. The van der Waals surface area contributed by atoms with Gasteiger partial charge in [-0.25, -0.2) is 4.98 Å². The molecular weight excluding hydrogens is 340 g/mol. The molecule has 132 valence electrons. The van der Waals surface area contributed by atoms with Crippen molar-refractivity contribution >= 4 is 23.2 Å². The average molecular weight is 361 g/mol. The highest BCUT2D eigenvalue weighted by Crippen LogP contribution is 2.39. The zero-order valence-electron chi connectivity index (χ0n) is 14.1. The van der Waals surface area contributed by atoms with E-state index in [1.54, 1.807) is 18.3 Å². The lowest BCUT2D eigenvalue weighted by Gasteiger charge is -2.36. The third-order valence-corrected chi connectivity index (χ3v) is 4.79. The number of amides is 1. The predicted octanol–water partition coefficient (Wildman–Crippen LogP) is 3.82. The number of hydrogen-bond acceptors (Lipinski definition) is 4. The molecule has 1 aromatic carbocycles. The molecule has 1 aliphatic heterocycles. The second-order valence-corrected chi connectivity index (χ2v) is 6.35. The fraction of sp³-hybridized carbons (Fsp3) is 0.368. The molecule has 1 N–H and O–H groups in total. The standard InChI is InChI=1S/C19H21ClN2O3/c1-2-25-17-8-7-14(13-21-17)22-18(23)19(9-11-24-12-10-19)15-5-3-4-6-16(15)20/h3-8,13H,2,9-12H2,1H3,(H,22,23). The number of pyridine rings is 1. The number of halogens is 1. The highest BCUT2D eigenvalue weighted by atomic mass is 35.5. The minimum Gasteiger partial charge on any atom is -0.478 e. The lowest BCUT2D eigenvalue weighted by Crippen LogP contribution is -2.45. The molecule has 1 saturated heterocycles. The summed E-state index contributed by atoms with van der Waals surface area (Å²) in [6.07, 6.45) is 2.78. The summed E-state index contributed by atoms with van der Waals surface area (Å²) in [6.45, 7) is 3.50. The number of hydrogen-bond donors (Lipinski definition) is 1. The average Bonchev–Trinajstić information content (AvgIpc) is 2.64. The molecule has 0 saturated carbocycles. The monoisotopic (exact) mass is 360 g/mol. The van der Waals surface area contributed by atoms with Gasteiger partial charge in [-0.2, -0.15) is 0 Å². The van der Waals surface area contributed by atoms with Crippen molar-refractivity contribution in [2.75, 3.05) is 25.1 Å². The van der Waals surface area contributed by atoms with Gasteiger partial charge >= 0.3 is 0 Å². The van der Waals surface area contributed by atoms with Crippen LogP contribution in [0.4, 0.5) is 5.69 Å². The van der Waals surface area contributed by atoms with Crippen LogP contribution in [0, 0.1) is 0 Å². The summed E-state index contributed by atoms with van der Waals surface area (Å²) in [5.41, 5.74) is 0.776. The van der Waals surface area contributed by atoms with Gasteiger partial charge in [0.05, 0.1) is 23.9 Å². The SMILES string of the molecule is CCOc1ccc(NC(=O)C2(c3ccccc3Cl)CCOCC2)cn1. The van der Waals surface area contributed by atoms with Crippen LogP contribution in [-0.2, 0) is 14.9 Å². The second kappa shape index (κ2) is 7.85. The molecule has 0 bridgehead atoms. The first-order chi connectivity index (χ1) is 12.2. The zero-order chi connectivity index (χ0) is 17.7. The number of carbonyl (C=O) groups is 1. The Morgan fingerprint density at radius 1 is 1.28 bits per heavy atom. The molecule has 2 aromatic rings. The molecule has 1 aliphatic rings. The molecule has 0 unspecified atom stereocenters. The Balaban J connectivity index is 1.86. The van der Waals surface area contributed by atoms with E-state index in [-0.39, 0.29) is 5.91 Å². The van der Waals surface area contributed by atoms with Gasteiger partial charge in [-0.1, -0.05) is 29.8 Å². The molecule has 1 amide bonds. The zero-order valence-corrected chi connectivity index (χ0v) is 14.9. The van der Waals surface area contributed by atoms with Crippen molar-refractivity contribution < 1.29 is 14.3 Å². The quantitative estimate of drug-likeness (QED) is 0.880. The Morgan fingerprint density at radius 3 is 2.68 bits per heavy atom. The number of nitrogens with one attached hydrogen (secondary N) is 1. The number of rotatable bonds is 5. The normalized spacial score (nSPS) is 16.2. The Morgan fingerprint density at radius 2 is 2.04 bits per heavy atom. The van der Waals surface area contributed by atoms with E-state index >= 15 is 0 Å². The predicted molar refractivity (Wildman–Crippen MR) is 97.2 cm³/mol. The molecule has 6 heteroatoms. The summed E-state index contributed by atoms with van der Waals surface area (Å²) in [4.78, 5) is 17.4. The van der Waals surface area contributed by atoms with Gasteiger partial charge in [-0.3, -0.25) is 4.79 Å². The van der Waals surface area contributed by atoms with Crippen molar-refractivity contribution in [2.24, 2.45) is 0 Å². The molecule has 1 aromatic heterocycles. The second-order valence-electron chi connectivity index (χ2n) is 5.95. The number of aromatic nitrogens is 1. The molecular formula is C19H21ClN2O3. The Hall–Kier alpha value is -2.11. The molecule has 0 spiro atoms. The van der Waals surface area contributed by atoms with E-state index in [4.69, 9.17) is 21.1 Å². The van der Waals surface area contributed by atoms with Crippen LogP contribution in [0.1, 0.15) is 25.3 Å². The minimum atomic E-state index is -0.699. The van der Waals surface area contributed by atoms with Crippen molar-refractivity contribution in [3.63, 3.8) is 0 Å². The van der Waals surface area contributed by atoms with Gasteiger partial charge in [-0.05, 0) is 37.5 Å². The number of nitrogens with zero attached hydrogens (tertiary/aromatic N) is 1. The maximum Gasteiger partial charge on any atom is 0.235 e. The lowest BCUT2D eigenvalue weighted by atomic mass is 9.73. The Kier molecular flexibility index (Phi) is 5.56. The van der Waals surface area contributed by atoms with Crippen LogP contribution in [0.2, 0.25) is 5.02 Å². The first-order valence-corrected chi connectivity index (χ1v) is 8.76. The van der Waals surface area contributed by atoms with Crippen molar-refractivity contribution in [3.8, 4) is 5.88 Å². The fourth-order valence-corrected chi connectivity index (χ4v) is 3.44. The molecule has 2 heterocycles. The molecule has 0 atom stereocenters. The van der Waals surface area contributed by atoms with Crippen molar-refractivity contribution in [2.45, 2.75) is 25.2 Å². The Labute approximate surface area is 152 Å². The van der Waals surface area contributed by atoms with Crippen LogP contribution >= 0.6 is 11.6 Å². The summed E-state index contributed by atoms with van der Waals surface area (Å²) < 4.78 is 10.8. The number of anilines is 1. The van der Waals surface area contributed by atoms with Gasteiger partial charge in [0, 0.05) is 24.3 Å². The summed E-state index contributed by atoms with van der Waals surface area (Å²) in [5.74, 6) is 0.447. The Bertz CT molecular complexity index is 728. The molecule has 5 nitrogen and oxygen atoms in total. The van der Waals surface area contributed by atoms with Crippen molar-refractivity contribution in [1.29, 1.82) is 0 Å². The molecule has 25 heavy (non-hydrogen) atoms. The van der Waals surface area contributed by atoms with E-state index in [0.717, 1.165) is 5.56 Å². The number of ether oxygens (including phenoxy) is 2. The molecule has 1 fully saturated rings.